The molecule has 2 aliphatic rings. The number of rotatable bonds is 4. The Morgan fingerprint density at radius 2 is 2.26 bits per heavy atom. The van der Waals surface area contributed by atoms with Crippen LogP contribution in [0.5, 0.6) is 0 Å². The van der Waals surface area contributed by atoms with E-state index in [0.29, 0.717) is 6.42 Å². The molecule has 19 heavy (non-hydrogen) atoms. The van der Waals surface area contributed by atoms with E-state index in [2.05, 4.69) is 14.6 Å². The number of fused-ring (bicyclic) bond motifs is 1. The Hall–Kier alpha value is -1.69. The minimum Gasteiger partial charge on any atom is -0.480 e. The van der Waals surface area contributed by atoms with Crippen molar-refractivity contribution in [1.82, 2.24) is 9.47 Å². The average Bonchev–Trinajstić information content (AvgIpc) is 3.04. The SMILES string of the molecule is O=NCc1ccn2c1C(N1CCCC1C(=O)O)CC2. The van der Waals surface area contributed by atoms with Gasteiger partial charge in [0.05, 0.1) is 6.04 Å². The fraction of sp³-hybridized carbons (Fsp3) is 0.615. The Morgan fingerprint density at radius 3 is 3.00 bits per heavy atom. The van der Waals surface area contributed by atoms with Crippen molar-refractivity contribution in [2.75, 3.05) is 6.54 Å². The number of aryl methyl sites for hydroxylation is 1. The first-order valence-electron chi connectivity index (χ1n) is 6.68. The Bertz CT molecular complexity index is 511. The molecule has 1 aromatic heterocycles. The summed E-state index contributed by atoms with van der Waals surface area (Å²) >= 11 is 0. The normalized spacial score (nSPS) is 26.5. The molecule has 1 fully saturated rings. The number of aliphatic carboxylic acids is 1. The first-order chi connectivity index (χ1) is 9.22. The predicted molar refractivity (Wildman–Crippen MR) is 68.7 cm³/mol. The molecule has 0 amide bonds. The van der Waals surface area contributed by atoms with Crippen molar-refractivity contribution >= 4 is 5.97 Å². The van der Waals surface area contributed by atoms with Crippen LogP contribution in [-0.4, -0.2) is 33.1 Å². The summed E-state index contributed by atoms with van der Waals surface area (Å²) in [5.41, 5.74) is 2.03. The molecule has 0 saturated carbocycles. The first-order valence-corrected chi connectivity index (χ1v) is 6.68. The highest BCUT2D eigenvalue weighted by atomic mass is 16.4. The van der Waals surface area contributed by atoms with Gasteiger partial charge in [0, 0.05) is 18.4 Å². The van der Waals surface area contributed by atoms with Crippen molar-refractivity contribution < 1.29 is 9.90 Å². The van der Waals surface area contributed by atoms with E-state index >= 15 is 0 Å². The third-order valence-corrected chi connectivity index (χ3v) is 4.27. The van der Waals surface area contributed by atoms with Crippen molar-refractivity contribution in [3.8, 4) is 0 Å². The zero-order valence-corrected chi connectivity index (χ0v) is 10.7. The minimum atomic E-state index is -0.738. The molecule has 0 bridgehead atoms. The number of nitrogens with zero attached hydrogens (tertiary/aromatic N) is 3. The van der Waals surface area contributed by atoms with E-state index in [0.717, 1.165) is 37.2 Å². The molecule has 6 heteroatoms. The fourth-order valence-electron chi connectivity index (χ4n) is 3.48. The lowest BCUT2D eigenvalue weighted by atomic mass is 10.1. The van der Waals surface area contributed by atoms with E-state index in [9.17, 15) is 14.8 Å². The van der Waals surface area contributed by atoms with Crippen LogP contribution < -0.4 is 0 Å². The van der Waals surface area contributed by atoms with Gasteiger partial charge in [0.25, 0.3) is 0 Å². The molecular formula is C13H17N3O3. The summed E-state index contributed by atoms with van der Waals surface area (Å²) in [7, 11) is 0. The number of aromatic nitrogens is 1. The first kappa shape index (κ1) is 12.3. The second-order valence-corrected chi connectivity index (χ2v) is 5.25. The maximum atomic E-state index is 11.3. The zero-order chi connectivity index (χ0) is 13.4. The number of nitroso groups, excluding NO2 is 1. The quantitative estimate of drug-likeness (QED) is 0.840. The molecule has 102 valence electrons. The van der Waals surface area contributed by atoms with Crippen LogP contribution >= 0.6 is 0 Å². The van der Waals surface area contributed by atoms with Gasteiger partial charge in [0.2, 0.25) is 0 Å². The van der Waals surface area contributed by atoms with Crippen molar-refractivity contribution in [2.45, 2.75) is 44.4 Å². The number of likely N-dealkylation sites (tertiary alicyclic amines) is 1. The molecule has 2 atom stereocenters. The van der Waals surface area contributed by atoms with Gasteiger partial charge in [-0.1, -0.05) is 5.18 Å². The second kappa shape index (κ2) is 4.77. The summed E-state index contributed by atoms with van der Waals surface area (Å²) in [6.45, 7) is 1.88. The molecule has 0 radical (unpaired) electrons. The van der Waals surface area contributed by atoms with Crippen LogP contribution in [0, 0.1) is 4.91 Å². The monoisotopic (exact) mass is 263 g/mol. The van der Waals surface area contributed by atoms with Gasteiger partial charge in [-0.2, -0.15) is 4.91 Å². The van der Waals surface area contributed by atoms with Gasteiger partial charge in [-0.3, -0.25) is 9.69 Å². The van der Waals surface area contributed by atoms with Gasteiger partial charge in [0.15, 0.2) is 0 Å². The van der Waals surface area contributed by atoms with Gasteiger partial charge in [-0.05, 0) is 37.4 Å². The third-order valence-electron chi connectivity index (χ3n) is 4.27. The van der Waals surface area contributed by atoms with Crippen LogP contribution in [0.25, 0.3) is 0 Å². The molecule has 2 aliphatic heterocycles. The van der Waals surface area contributed by atoms with Crippen LogP contribution in [0.1, 0.15) is 36.6 Å². The molecule has 6 nitrogen and oxygen atoms in total. The number of carboxylic acid groups (broad SMARTS) is 1. The van der Waals surface area contributed by atoms with E-state index in [-0.39, 0.29) is 18.6 Å². The molecular weight excluding hydrogens is 246 g/mol. The van der Waals surface area contributed by atoms with Crippen LogP contribution in [0.3, 0.4) is 0 Å². The summed E-state index contributed by atoms with van der Waals surface area (Å²) < 4.78 is 2.13. The molecule has 1 saturated heterocycles. The van der Waals surface area contributed by atoms with E-state index < -0.39 is 5.97 Å². The lowest BCUT2D eigenvalue weighted by Gasteiger charge is -2.28. The van der Waals surface area contributed by atoms with E-state index in [4.69, 9.17) is 0 Å². The van der Waals surface area contributed by atoms with Crippen molar-refractivity contribution in [3.05, 3.63) is 28.4 Å². The fourth-order valence-corrected chi connectivity index (χ4v) is 3.48. The smallest absolute Gasteiger partial charge is 0.320 e. The van der Waals surface area contributed by atoms with E-state index in [1.54, 1.807) is 0 Å². The highest BCUT2D eigenvalue weighted by molar-refractivity contribution is 5.74. The highest BCUT2D eigenvalue weighted by Gasteiger charge is 2.39. The highest BCUT2D eigenvalue weighted by Crippen LogP contribution is 2.38. The topological polar surface area (TPSA) is 74.9 Å². The van der Waals surface area contributed by atoms with Crippen molar-refractivity contribution in [1.29, 1.82) is 0 Å². The molecule has 1 aromatic rings. The predicted octanol–water partition coefficient (Wildman–Crippen LogP) is 1.75. The molecule has 3 rings (SSSR count). The van der Waals surface area contributed by atoms with Crippen molar-refractivity contribution in [3.63, 3.8) is 0 Å². The lowest BCUT2D eigenvalue weighted by molar-refractivity contribution is -0.143. The number of hydrogen-bond acceptors (Lipinski definition) is 4. The average molecular weight is 263 g/mol. The van der Waals surface area contributed by atoms with Crippen molar-refractivity contribution in [2.24, 2.45) is 5.18 Å². The Morgan fingerprint density at radius 1 is 1.42 bits per heavy atom. The third kappa shape index (κ3) is 1.96. The van der Waals surface area contributed by atoms with E-state index in [1.165, 1.54) is 0 Å². The molecule has 0 aliphatic carbocycles. The second-order valence-electron chi connectivity index (χ2n) is 5.25. The summed E-state index contributed by atoms with van der Waals surface area (Å²) in [6, 6.07) is 1.66. The Labute approximate surface area is 111 Å². The summed E-state index contributed by atoms with van der Waals surface area (Å²) in [5.74, 6) is -0.738. The number of hydrogen-bond donors (Lipinski definition) is 1. The van der Waals surface area contributed by atoms with Crippen LogP contribution in [0.2, 0.25) is 0 Å². The van der Waals surface area contributed by atoms with Crippen LogP contribution in [0.4, 0.5) is 0 Å². The number of carbonyl (C=O) groups is 1. The molecule has 3 heterocycles. The zero-order valence-electron chi connectivity index (χ0n) is 10.7. The Balaban J connectivity index is 1.90. The molecule has 1 N–H and O–H groups in total. The van der Waals surface area contributed by atoms with E-state index in [1.807, 2.05) is 12.3 Å². The number of carboxylic acids is 1. The van der Waals surface area contributed by atoms with Gasteiger partial charge < -0.3 is 9.67 Å². The largest absolute Gasteiger partial charge is 0.480 e. The maximum Gasteiger partial charge on any atom is 0.320 e. The van der Waals surface area contributed by atoms with Gasteiger partial charge in [0.1, 0.15) is 12.6 Å². The standard InChI is InChI=1S/C13H17N3O3/c17-13(18)11-2-1-5-16(11)10-4-7-15-6-3-9(8-14-19)12(10)15/h3,6,10-11H,1-2,4-5,7-8H2,(H,17,18). The minimum absolute atomic E-state index is 0.121. The maximum absolute atomic E-state index is 11.3. The van der Waals surface area contributed by atoms with Gasteiger partial charge in [-0.25, -0.2) is 0 Å². The summed E-state index contributed by atoms with van der Waals surface area (Å²) in [6.07, 6.45) is 4.54. The summed E-state index contributed by atoms with van der Waals surface area (Å²) in [4.78, 5) is 23.9. The van der Waals surface area contributed by atoms with Crippen LogP contribution in [-0.2, 0) is 17.9 Å². The Kier molecular flexibility index (Phi) is 3.10. The lowest BCUT2D eigenvalue weighted by Crippen LogP contribution is -2.38. The molecule has 0 spiro atoms. The van der Waals surface area contributed by atoms with Gasteiger partial charge >= 0.3 is 5.97 Å². The van der Waals surface area contributed by atoms with Gasteiger partial charge in [-0.15, -0.1) is 0 Å². The molecule has 0 aromatic carbocycles. The van der Waals surface area contributed by atoms with Crippen LogP contribution in [0.15, 0.2) is 17.4 Å². The molecule has 2 unspecified atom stereocenters. The summed E-state index contributed by atoms with van der Waals surface area (Å²) in [5, 5.41) is 12.3.